The van der Waals surface area contributed by atoms with Crippen molar-refractivity contribution in [3.05, 3.63) is 42.5 Å². The van der Waals surface area contributed by atoms with E-state index in [1.165, 1.54) is 35.3 Å². The summed E-state index contributed by atoms with van der Waals surface area (Å²) >= 11 is 1.30. The summed E-state index contributed by atoms with van der Waals surface area (Å²) in [5, 5.41) is 3.49. The number of sulfonamides is 1. The van der Waals surface area contributed by atoms with Gasteiger partial charge in [-0.1, -0.05) is 23.9 Å². The topological polar surface area (TPSA) is 103 Å². The molecule has 3 aromatic rings. The molecule has 2 aromatic carbocycles. The summed E-state index contributed by atoms with van der Waals surface area (Å²) in [6, 6.07) is 12.2. The van der Waals surface area contributed by atoms with Gasteiger partial charge in [0.05, 0.1) is 47.7 Å². The van der Waals surface area contributed by atoms with E-state index < -0.39 is 10.0 Å². The number of nitrogens with one attached hydrogen (secondary N) is 1. The third-order valence-electron chi connectivity index (χ3n) is 5.13. The van der Waals surface area contributed by atoms with E-state index in [4.69, 9.17) is 9.47 Å². The molecule has 0 saturated carbocycles. The molecule has 4 rings (SSSR count). The van der Waals surface area contributed by atoms with Gasteiger partial charge in [0.15, 0.2) is 5.16 Å². The van der Waals surface area contributed by atoms with E-state index in [0.29, 0.717) is 37.7 Å². The number of ether oxygens (including phenoxy) is 2. The predicted octanol–water partition coefficient (Wildman–Crippen LogP) is 2.33. The van der Waals surface area contributed by atoms with Crippen LogP contribution in [0.2, 0.25) is 0 Å². The Labute approximate surface area is 190 Å². The second-order valence-corrected chi connectivity index (χ2v) is 10.0. The standard InChI is InChI=1S/C21H24N4O5S2/c1-24-18-6-4-3-5-16(18)23-21(24)31-14-20(26)22-17-13-15(7-8-19(17)29-2)32(27,28)25-9-11-30-12-10-25/h3-8,13H,9-12,14H2,1-2H3,(H,22,26). The number of para-hydroxylation sites is 2. The zero-order valence-corrected chi connectivity index (χ0v) is 19.4. The van der Waals surface area contributed by atoms with Crippen molar-refractivity contribution < 1.29 is 22.7 Å². The molecular weight excluding hydrogens is 452 g/mol. The van der Waals surface area contributed by atoms with E-state index >= 15 is 0 Å². The van der Waals surface area contributed by atoms with Gasteiger partial charge >= 0.3 is 0 Å². The Kier molecular flexibility index (Phi) is 6.70. The number of thioether (sulfide) groups is 1. The normalized spacial score (nSPS) is 15.1. The zero-order chi connectivity index (χ0) is 22.7. The lowest BCUT2D eigenvalue weighted by atomic mass is 10.3. The minimum absolute atomic E-state index is 0.0958. The first kappa shape index (κ1) is 22.6. The Morgan fingerprint density at radius 2 is 1.97 bits per heavy atom. The fraction of sp³-hybridized carbons (Fsp3) is 0.333. The molecule has 0 bridgehead atoms. The van der Waals surface area contributed by atoms with Crippen molar-refractivity contribution in [3.8, 4) is 5.75 Å². The summed E-state index contributed by atoms with van der Waals surface area (Å²) < 4.78 is 39.8. The minimum atomic E-state index is -3.69. The number of amides is 1. The first-order valence-corrected chi connectivity index (χ1v) is 12.4. The molecule has 2 heterocycles. The molecule has 1 N–H and O–H groups in total. The Balaban J connectivity index is 1.49. The number of aryl methyl sites for hydroxylation is 1. The van der Waals surface area contributed by atoms with Crippen molar-refractivity contribution in [1.82, 2.24) is 13.9 Å². The molecule has 0 spiro atoms. The lowest BCUT2D eigenvalue weighted by molar-refractivity contribution is -0.113. The Hall–Kier alpha value is -2.60. The van der Waals surface area contributed by atoms with Crippen molar-refractivity contribution in [2.24, 2.45) is 7.05 Å². The highest BCUT2D eigenvalue weighted by Crippen LogP contribution is 2.30. The fourth-order valence-corrected chi connectivity index (χ4v) is 5.67. The molecular formula is C21H24N4O5S2. The lowest BCUT2D eigenvalue weighted by Crippen LogP contribution is -2.40. The van der Waals surface area contributed by atoms with Gasteiger partial charge in [-0.05, 0) is 30.3 Å². The highest BCUT2D eigenvalue weighted by Gasteiger charge is 2.27. The van der Waals surface area contributed by atoms with E-state index in [1.807, 2.05) is 35.9 Å². The molecule has 1 aliphatic rings. The number of hydrogen-bond acceptors (Lipinski definition) is 7. The molecule has 1 aliphatic heterocycles. The highest BCUT2D eigenvalue weighted by molar-refractivity contribution is 7.99. The molecule has 0 unspecified atom stereocenters. The van der Waals surface area contributed by atoms with Gasteiger partial charge in [0, 0.05) is 20.1 Å². The largest absolute Gasteiger partial charge is 0.495 e. The lowest BCUT2D eigenvalue weighted by Gasteiger charge is -2.26. The summed E-state index contributed by atoms with van der Waals surface area (Å²) in [5.74, 6) is 0.203. The fourth-order valence-electron chi connectivity index (χ4n) is 3.45. The number of carbonyl (C=O) groups is 1. The Morgan fingerprint density at radius 3 is 2.69 bits per heavy atom. The highest BCUT2D eigenvalue weighted by atomic mass is 32.2. The SMILES string of the molecule is COc1ccc(S(=O)(=O)N2CCOCC2)cc1NC(=O)CSc1nc2ccccc2n1C. The maximum absolute atomic E-state index is 13.0. The molecule has 170 valence electrons. The van der Waals surface area contributed by atoms with Gasteiger partial charge in [-0.3, -0.25) is 4.79 Å². The van der Waals surface area contributed by atoms with Crippen molar-refractivity contribution in [2.75, 3.05) is 44.5 Å². The molecule has 11 heteroatoms. The molecule has 1 amide bonds. The number of rotatable bonds is 7. The Bertz CT molecular complexity index is 1240. The first-order chi connectivity index (χ1) is 15.4. The number of benzene rings is 2. The van der Waals surface area contributed by atoms with Gasteiger partial charge in [0.2, 0.25) is 15.9 Å². The second kappa shape index (κ2) is 9.49. The van der Waals surface area contributed by atoms with Crippen LogP contribution >= 0.6 is 11.8 Å². The van der Waals surface area contributed by atoms with Crippen LogP contribution in [0, 0.1) is 0 Å². The molecule has 32 heavy (non-hydrogen) atoms. The van der Waals surface area contributed by atoms with Gasteiger partial charge < -0.3 is 19.4 Å². The van der Waals surface area contributed by atoms with Gasteiger partial charge in [-0.15, -0.1) is 0 Å². The average molecular weight is 477 g/mol. The number of anilines is 1. The van der Waals surface area contributed by atoms with Crippen molar-refractivity contribution in [1.29, 1.82) is 0 Å². The van der Waals surface area contributed by atoms with Crippen molar-refractivity contribution in [2.45, 2.75) is 10.1 Å². The summed E-state index contributed by atoms with van der Waals surface area (Å²) in [6.45, 7) is 1.31. The molecule has 9 nitrogen and oxygen atoms in total. The number of morpholine rings is 1. The third kappa shape index (κ3) is 4.60. The van der Waals surface area contributed by atoms with Crippen LogP contribution in [0.25, 0.3) is 11.0 Å². The minimum Gasteiger partial charge on any atom is -0.495 e. The number of fused-ring (bicyclic) bond motifs is 1. The van der Waals surface area contributed by atoms with E-state index in [2.05, 4.69) is 10.3 Å². The van der Waals surface area contributed by atoms with Crippen LogP contribution in [0.4, 0.5) is 5.69 Å². The van der Waals surface area contributed by atoms with E-state index in [-0.39, 0.29) is 16.6 Å². The third-order valence-corrected chi connectivity index (χ3v) is 8.06. The summed E-state index contributed by atoms with van der Waals surface area (Å²) in [6.07, 6.45) is 0. The van der Waals surface area contributed by atoms with Crippen LogP contribution in [-0.4, -0.2) is 67.3 Å². The number of carbonyl (C=O) groups excluding carboxylic acids is 1. The molecule has 1 aromatic heterocycles. The number of nitrogens with zero attached hydrogens (tertiary/aromatic N) is 3. The van der Waals surface area contributed by atoms with Crippen LogP contribution in [-0.2, 0) is 26.6 Å². The van der Waals surface area contributed by atoms with Gasteiger partial charge in [-0.2, -0.15) is 4.31 Å². The van der Waals surface area contributed by atoms with Crippen LogP contribution in [0.5, 0.6) is 5.75 Å². The van der Waals surface area contributed by atoms with E-state index in [1.54, 1.807) is 6.07 Å². The van der Waals surface area contributed by atoms with Crippen molar-refractivity contribution in [3.63, 3.8) is 0 Å². The summed E-state index contributed by atoms with van der Waals surface area (Å²) in [4.78, 5) is 17.3. The van der Waals surface area contributed by atoms with Crippen LogP contribution in [0.15, 0.2) is 52.5 Å². The first-order valence-electron chi connectivity index (χ1n) is 10.00. The quantitative estimate of drug-likeness (QED) is 0.522. The van der Waals surface area contributed by atoms with Gasteiger partial charge in [0.25, 0.3) is 0 Å². The average Bonchev–Trinajstić information content (AvgIpc) is 3.14. The van der Waals surface area contributed by atoms with Crippen LogP contribution in [0.3, 0.4) is 0 Å². The number of aromatic nitrogens is 2. The van der Waals surface area contributed by atoms with Gasteiger partial charge in [0.1, 0.15) is 5.75 Å². The van der Waals surface area contributed by atoms with E-state index in [0.717, 1.165) is 16.2 Å². The molecule has 1 fully saturated rings. The summed E-state index contributed by atoms with van der Waals surface area (Å²) in [7, 11) is -0.324. The molecule has 0 aliphatic carbocycles. The van der Waals surface area contributed by atoms with E-state index in [9.17, 15) is 13.2 Å². The van der Waals surface area contributed by atoms with Crippen molar-refractivity contribution >= 4 is 44.4 Å². The zero-order valence-electron chi connectivity index (χ0n) is 17.8. The maximum atomic E-state index is 13.0. The molecule has 0 atom stereocenters. The monoisotopic (exact) mass is 476 g/mol. The maximum Gasteiger partial charge on any atom is 0.243 e. The van der Waals surface area contributed by atoms with Crippen LogP contribution < -0.4 is 10.1 Å². The predicted molar refractivity (Wildman–Crippen MR) is 123 cm³/mol. The smallest absolute Gasteiger partial charge is 0.243 e. The molecule has 1 saturated heterocycles. The number of imidazole rings is 1. The number of methoxy groups -OCH3 is 1. The number of hydrogen-bond donors (Lipinski definition) is 1. The summed E-state index contributed by atoms with van der Waals surface area (Å²) in [5.41, 5.74) is 2.15. The Morgan fingerprint density at radius 1 is 1.22 bits per heavy atom. The molecule has 0 radical (unpaired) electrons. The van der Waals surface area contributed by atoms with Gasteiger partial charge in [-0.25, -0.2) is 13.4 Å². The van der Waals surface area contributed by atoms with Crippen LogP contribution in [0.1, 0.15) is 0 Å². The second-order valence-electron chi connectivity index (χ2n) is 7.16.